The first-order valence-electron chi connectivity index (χ1n) is 8.17. The van der Waals surface area contributed by atoms with E-state index in [1.54, 1.807) is 0 Å². The molecule has 4 atom stereocenters. The Morgan fingerprint density at radius 3 is 2.70 bits per heavy atom. The topological polar surface area (TPSA) is 29.1 Å². The molecule has 2 bridgehead atoms. The van der Waals surface area contributed by atoms with E-state index < -0.39 is 0 Å². The van der Waals surface area contributed by atoms with Crippen molar-refractivity contribution in [3.05, 3.63) is 0 Å². The van der Waals surface area contributed by atoms with Crippen molar-refractivity contribution >= 4 is 17.5 Å². The van der Waals surface area contributed by atoms with Gasteiger partial charge in [0.15, 0.2) is 0 Å². The summed E-state index contributed by atoms with van der Waals surface area (Å²) < 4.78 is 0. The van der Waals surface area contributed by atoms with E-state index in [4.69, 9.17) is 11.6 Å². The molecular formula is C17H28ClNO. The predicted molar refractivity (Wildman–Crippen MR) is 82.8 cm³/mol. The standard InChI is InChI=1S/C17H28ClNO/c1-15(2)9-13(19-14(20)10-18)17-7-4-6-16(3,11-17)8-5-12(15)17/h12-13H,4-11H2,1-3H3,(H,19,20)/t12-,13-,16-,17-/m0/s1. The van der Waals surface area contributed by atoms with Crippen LogP contribution >= 0.6 is 11.6 Å². The van der Waals surface area contributed by atoms with Gasteiger partial charge >= 0.3 is 0 Å². The smallest absolute Gasteiger partial charge is 0.235 e. The molecule has 3 saturated carbocycles. The summed E-state index contributed by atoms with van der Waals surface area (Å²) in [7, 11) is 0. The van der Waals surface area contributed by atoms with Crippen molar-refractivity contribution in [3.8, 4) is 0 Å². The molecule has 1 N–H and O–H groups in total. The summed E-state index contributed by atoms with van der Waals surface area (Å²) in [5.41, 5.74) is 1.21. The number of carbonyl (C=O) groups is 1. The zero-order valence-electron chi connectivity index (χ0n) is 13.1. The van der Waals surface area contributed by atoms with E-state index in [0.29, 0.717) is 22.3 Å². The lowest BCUT2D eigenvalue weighted by molar-refractivity contribution is -0.122. The number of hydrogen-bond donors (Lipinski definition) is 1. The molecule has 0 heterocycles. The first kappa shape index (κ1) is 14.7. The molecule has 3 fully saturated rings. The first-order chi connectivity index (χ1) is 9.31. The highest BCUT2D eigenvalue weighted by Gasteiger charge is 2.63. The summed E-state index contributed by atoms with van der Waals surface area (Å²) in [6, 6.07) is 0.341. The minimum Gasteiger partial charge on any atom is -0.352 e. The molecule has 2 nitrogen and oxygen atoms in total. The molecule has 0 aromatic carbocycles. The zero-order valence-corrected chi connectivity index (χ0v) is 13.9. The molecule has 20 heavy (non-hydrogen) atoms. The molecule has 0 aliphatic heterocycles. The highest BCUT2D eigenvalue weighted by molar-refractivity contribution is 6.27. The Morgan fingerprint density at radius 1 is 1.25 bits per heavy atom. The van der Waals surface area contributed by atoms with E-state index in [2.05, 4.69) is 26.1 Å². The Hall–Kier alpha value is -0.240. The van der Waals surface area contributed by atoms with Gasteiger partial charge in [-0.05, 0) is 60.7 Å². The Balaban J connectivity index is 1.93. The van der Waals surface area contributed by atoms with Gasteiger partial charge in [-0.1, -0.05) is 27.2 Å². The zero-order chi connectivity index (χ0) is 14.6. The van der Waals surface area contributed by atoms with Gasteiger partial charge in [0.05, 0.1) is 0 Å². The predicted octanol–water partition coefficient (Wildman–Crippen LogP) is 4.12. The molecule has 1 amide bonds. The number of nitrogens with one attached hydrogen (secondary N) is 1. The summed E-state index contributed by atoms with van der Waals surface area (Å²) >= 11 is 5.72. The van der Waals surface area contributed by atoms with Gasteiger partial charge in [-0.3, -0.25) is 4.79 Å². The third kappa shape index (κ3) is 2.10. The van der Waals surface area contributed by atoms with Gasteiger partial charge < -0.3 is 5.32 Å². The number of hydrogen-bond acceptors (Lipinski definition) is 1. The van der Waals surface area contributed by atoms with Crippen LogP contribution in [0.5, 0.6) is 0 Å². The largest absolute Gasteiger partial charge is 0.352 e. The molecule has 3 heteroatoms. The number of rotatable bonds is 2. The van der Waals surface area contributed by atoms with Gasteiger partial charge in [-0.25, -0.2) is 0 Å². The molecule has 3 aliphatic rings. The van der Waals surface area contributed by atoms with Gasteiger partial charge in [-0.15, -0.1) is 11.6 Å². The van der Waals surface area contributed by atoms with Crippen LogP contribution in [0, 0.1) is 22.2 Å². The van der Waals surface area contributed by atoms with Gasteiger partial charge in [0, 0.05) is 6.04 Å². The molecule has 0 unspecified atom stereocenters. The second-order valence-electron chi connectivity index (χ2n) is 8.61. The van der Waals surface area contributed by atoms with E-state index in [1.807, 2.05) is 0 Å². The molecule has 0 aromatic rings. The van der Waals surface area contributed by atoms with Crippen LogP contribution in [-0.2, 0) is 4.79 Å². The molecule has 0 saturated heterocycles. The van der Waals surface area contributed by atoms with Crippen LogP contribution in [0.2, 0.25) is 0 Å². The number of alkyl halides is 1. The van der Waals surface area contributed by atoms with Crippen molar-refractivity contribution in [2.45, 2.75) is 71.8 Å². The maximum Gasteiger partial charge on any atom is 0.235 e. The van der Waals surface area contributed by atoms with Crippen LogP contribution in [0.4, 0.5) is 0 Å². The van der Waals surface area contributed by atoms with Crippen molar-refractivity contribution < 1.29 is 4.79 Å². The Kier molecular flexibility index (Phi) is 3.40. The van der Waals surface area contributed by atoms with Gasteiger partial charge in [0.2, 0.25) is 5.91 Å². The Morgan fingerprint density at radius 2 is 2.00 bits per heavy atom. The summed E-state index contributed by atoms with van der Waals surface area (Å²) in [4.78, 5) is 11.8. The fourth-order valence-electron chi connectivity index (χ4n) is 6.12. The minimum atomic E-state index is 0.0142. The van der Waals surface area contributed by atoms with Crippen molar-refractivity contribution in [3.63, 3.8) is 0 Å². The van der Waals surface area contributed by atoms with Crippen molar-refractivity contribution in [1.29, 1.82) is 0 Å². The molecule has 3 rings (SSSR count). The maximum atomic E-state index is 11.8. The number of carbonyl (C=O) groups excluding carboxylic acids is 1. The highest BCUT2D eigenvalue weighted by Crippen LogP contribution is 2.68. The second kappa shape index (κ2) is 4.63. The van der Waals surface area contributed by atoms with Crippen molar-refractivity contribution in [2.75, 3.05) is 5.88 Å². The fourth-order valence-corrected chi connectivity index (χ4v) is 6.19. The number of amides is 1. The maximum absolute atomic E-state index is 11.8. The molecule has 0 radical (unpaired) electrons. The van der Waals surface area contributed by atoms with Crippen LogP contribution in [-0.4, -0.2) is 17.8 Å². The molecule has 1 spiro atoms. The number of fused-ring (bicyclic) bond motifs is 1. The monoisotopic (exact) mass is 297 g/mol. The van der Waals surface area contributed by atoms with Crippen LogP contribution in [0.25, 0.3) is 0 Å². The molecule has 0 aromatic heterocycles. The quantitative estimate of drug-likeness (QED) is 0.763. The van der Waals surface area contributed by atoms with Crippen LogP contribution in [0.1, 0.15) is 65.7 Å². The van der Waals surface area contributed by atoms with Gasteiger partial charge in [0.25, 0.3) is 0 Å². The lowest BCUT2D eigenvalue weighted by Crippen LogP contribution is -2.54. The lowest BCUT2D eigenvalue weighted by Gasteiger charge is -2.56. The SMILES string of the molecule is CC1(C)C[C@H](NC(=O)CCl)[C@]23CCC[C@@](C)(CC[C@@H]12)C3. The third-order valence-corrected chi connectivity index (χ3v) is 6.98. The van der Waals surface area contributed by atoms with Crippen molar-refractivity contribution in [2.24, 2.45) is 22.2 Å². The highest BCUT2D eigenvalue weighted by atomic mass is 35.5. The fraction of sp³-hybridized carbons (Fsp3) is 0.941. The average molecular weight is 298 g/mol. The number of halogens is 1. The molecule has 3 aliphatic carbocycles. The van der Waals surface area contributed by atoms with E-state index in [9.17, 15) is 4.79 Å². The van der Waals surface area contributed by atoms with Crippen LogP contribution in [0.3, 0.4) is 0 Å². The van der Waals surface area contributed by atoms with Crippen molar-refractivity contribution in [1.82, 2.24) is 5.32 Å². The molecular weight excluding hydrogens is 270 g/mol. The van der Waals surface area contributed by atoms with E-state index >= 15 is 0 Å². The second-order valence-corrected chi connectivity index (χ2v) is 8.88. The normalized spacial score (nSPS) is 45.8. The summed E-state index contributed by atoms with van der Waals surface area (Å²) in [6.45, 7) is 7.28. The lowest BCUT2D eigenvalue weighted by atomic mass is 9.49. The van der Waals surface area contributed by atoms with Gasteiger partial charge in [-0.2, -0.15) is 0 Å². The van der Waals surface area contributed by atoms with E-state index in [1.165, 1.54) is 38.5 Å². The van der Waals surface area contributed by atoms with Gasteiger partial charge in [0.1, 0.15) is 5.88 Å². The summed E-state index contributed by atoms with van der Waals surface area (Å²) in [6.07, 6.45) is 9.14. The van der Waals surface area contributed by atoms with Crippen LogP contribution in [0.15, 0.2) is 0 Å². The third-order valence-electron chi connectivity index (χ3n) is 6.73. The minimum absolute atomic E-state index is 0.0142. The summed E-state index contributed by atoms with van der Waals surface area (Å²) in [5.74, 6) is 0.874. The molecule has 114 valence electrons. The first-order valence-corrected chi connectivity index (χ1v) is 8.70. The van der Waals surface area contributed by atoms with E-state index in [-0.39, 0.29) is 11.8 Å². The Bertz CT molecular complexity index is 421. The van der Waals surface area contributed by atoms with Crippen LogP contribution < -0.4 is 5.32 Å². The average Bonchev–Trinajstić information content (AvgIpc) is 2.55. The summed E-state index contributed by atoms with van der Waals surface area (Å²) in [5, 5.41) is 3.28. The van der Waals surface area contributed by atoms with E-state index in [0.717, 1.165) is 12.3 Å². The Labute approximate surface area is 128 Å².